The van der Waals surface area contributed by atoms with Gasteiger partial charge in [-0.05, 0) is 61.6 Å². The van der Waals surface area contributed by atoms with Crippen LogP contribution < -0.4 is 58.5 Å². The van der Waals surface area contributed by atoms with Crippen LogP contribution in [0.2, 0.25) is 0 Å². The van der Waals surface area contributed by atoms with Crippen molar-refractivity contribution < 1.29 is 87.0 Å². The molecular weight excluding hydrogens is 1240 g/mol. The number of nitrogens with one attached hydrogen (secondary N) is 10. The first-order chi connectivity index (χ1) is 44.3. The van der Waals surface area contributed by atoms with Crippen LogP contribution in [-0.2, 0) is 79.5 Å². The minimum Gasteiger partial charge on any atom is -0.506 e. The number of nitrogens with zero attached hydrogens (tertiary/aromatic N) is 3. The highest BCUT2D eigenvalue weighted by Gasteiger charge is 2.45. The average molecular weight is 1320 g/mol. The summed E-state index contributed by atoms with van der Waals surface area (Å²) in [6.07, 6.45) is 2.50. The molecule has 2 saturated heterocycles. The Morgan fingerprint density at radius 2 is 1.43 bits per heavy atom. The molecule has 0 radical (unpaired) electrons. The molecule has 2 fully saturated rings. The third-order valence-electron chi connectivity index (χ3n) is 17.5. The second kappa shape index (κ2) is 33.3. The second-order valence-corrected chi connectivity index (χ2v) is 25.7. The van der Waals surface area contributed by atoms with Crippen molar-refractivity contribution in [1.29, 1.82) is 0 Å². The predicted molar refractivity (Wildman–Crippen MR) is 331 cm³/mol. The van der Waals surface area contributed by atoms with Crippen molar-refractivity contribution in [1.82, 2.24) is 62.6 Å². The van der Waals surface area contributed by atoms with Crippen LogP contribution in [0.25, 0.3) is 10.9 Å². The van der Waals surface area contributed by atoms with Crippen molar-refractivity contribution >= 4 is 104 Å². The summed E-state index contributed by atoms with van der Waals surface area (Å²) < 4.78 is 15.4. The number of unbranched alkanes of at least 4 members (excludes halogenated alkanes) is 4. The van der Waals surface area contributed by atoms with Gasteiger partial charge in [-0.1, -0.05) is 40.0 Å². The molecule has 7 rings (SSSR count). The number of anilines is 1. The third kappa shape index (κ3) is 19.1. The number of hydrogen-bond acceptors (Lipinski definition) is 19. The summed E-state index contributed by atoms with van der Waals surface area (Å²) in [5.41, 5.74) is 5.94. The maximum absolute atomic E-state index is 15.4. The molecular formula is C60H86N14O18S. The van der Waals surface area contributed by atoms with Gasteiger partial charge in [0.05, 0.1) is 60.4 Å². The summed E-state index contributed by atoms with van der Waals surface area (Å²) in [6, 6.07) is -7.60. The molecule has 16 N–H and O–H groups in total. The van der Waals surface area contributed by atoms with E-state index < -0.39 is 176 Å². The minimum atomic E-state index is -2.52. The van der Waals surface area contributed by atoms with E-state index in [9.17, 15) is 82.8 Å². The number of aliphatic hydroxyl groups is 3. The van der Waals surface area contributed by atoms with Gasteiger partial charge in [0, 0.05) is 88.4 Å². The zero-order valence-corrected chi connectivity index (χ0v) is 53.1. The molecule has 2 aromatic rings. The summed E-state index contributed by atoms with van der Waals surface area (Å²) in [7, 11) is -2.52. The van der Waals surface area contributed by atoms with E-state index in [2.05, 4.69) is 52.8 Å². The maximum Gasteiger partial charge on any atom is 0.253 e. The van der Waals surface area contributed by atoms with Gasteiger partial charge in [-0.25, -0.2) is 0 Å². The van der Waals surface area contributed by atoms with Gasteiger partial charge in [0.25, 0.3) is 11.8 Å². The zero-order valence-electron chi connectivity index (χ0n) is 52.3. The summed E-state index contributed by atoms with van der Waals surface area (Å²) >= 11 is 0. The van der Waals surface area contributed by atoms with Crippen LogP contribution in [0.4, 0.5) is 5.69 Å². The van der Waals surface area contributed by atoms with E-state index in [0.717, 1.165) is 4.90 Å². The number of benzene rings is 1. The maximum atomic E-state index is 15.4. The van der Waals surface area contributed by atoms with E-state index in [1.807, 2.05) is 4.90 Å². The number of hydrogen-bond donors (Lipinski definition) is 15. The average Bonchev–Trinajstić information content (AvgIpc) is 1.62. The molecule has 0 saturated carbocycles. The highest BCUT2D eigenvalue weighted by molar-refractivity contribution is 7.85. The van der Waals surface area contributed by atoms with Crippen molar-refractivity contribution in [2.75, 3.05) is 69.6 Å². The number of aromatic nitrogens is 1. The Balaban J connectivity index is 1.17. The number of H-pyrrole nitrogens is 1. The van der Waals surface area contributed by atoms with Crippen molar-refractivity contribution in [3.8, 4) is 5.75 Å². The molecule has 6 heterocycles. The topological polar surface area (TPSA) is 480 Å². The lowest BCUT2D eigenvalue weighted by Crippen LogP contribution is -2.62. The van der Waals surface area contributed by atoms with Crippen molar-refractivity contribution in [3.05, 3.63) is 29.8 Å². The number of primary amides is 1. The standard InChI is InChI=1S/C60H86N14O18S/c1-4-31(2)50-57(89)65-25-46(82)66-39-30-93(92)59-36(22-37(54(86)64-26-47(83)69-50)67-58(90)51(32(3)42(78)29-75)70-56(88)40-21-34(76)28-74(40)60(91)38(23-43(61)79)68-55(39)87)35-13-14-41(77)53(52(35)71-59)72-20-17-33(27-72)24-63-45(81)12-7-5-9-18-62-44(80)11-8-6-10-19-73-48(84)15-16-49(73)85/h13-16,31-34,37-40,42,50-51,71,75-78H,4-12,17-30H2,1-3H3,(H2,61,79)(H,62,80)(H,63,81)(H,64,86)(H,65,89)(H,66,82)(H,67,90)(H,68,87)(H,69,83)(H,70,88)/t31-,32+,33?,34+,37+,38-,39+,40-,42+,50-,51-,93?/m0/s1. The molecule has 33 heteroatoms. The van der Waals surface area contributed by atoms with E-state index >= 15 is 4.21 Å². The number of amides is 13. The first-order valence-electron chi connectivity index (χ1n) is 31.5. The van der Waals surface area contributed by atoms with Gasteiger partial charge in [0.2, 0.25) is 65.0 Å². The van der Waals surface area contributed by atoms with Crippen LogP contribution in [0.3, 0.4) is 0 Å². The van der Waals surface area contributed by atoms with Crippen LogP contribution >= 0.6 is 0 Å². The number of phenolic OH excluding ortho intramolecular Hbond substituents is 1. The molecule has 5 aliphatic heterocycles. The Bertz CT molecular complexity index is 3210. The molecule has 2 unspecified atom stereocenters. The first kappa shape index (κ1) is 71.9. The Kier molecular flexibility index (Phi) is 25.8. The van der Waals surface area contributed by atoms with Crippen molar-refractivity contribution in [3.63, 3.8) is 0 Å². The largest absolute Gasteiger partial charge is 0.506 e. The quantitative estimate of drug-likeness (QED) is 0.0388. The van der Waals surface area contributed by atoms with Gasteiger partial charge in [-0.15, -0.1) is 0 Å². The molecule has 2 bridgehead atoms. The van der Waals surface area contributed by atoms with Crippen LogP contribution in [0.1, 0.15) is 103 Å². The first-order valence-corrected chi connectivity index (χ1v) is 32.8. The highest BCUT2D eigenvalue weighted by atomic mass is 32.2. The number of rotatable bonds is 22. The molecule has 1 aromatic heterocycles. The molecule has 32 nitrogen and oxygen atoms in total. The summed E-state index contributed by atoms with van der Waals surface area (Å²) in [5.74, 6) is -13.7. The fourth-order valence-corrected chi connectivity index (χ4v) is 13.3. The van der Waals surface area contributed by atoms with Crippen molar-refractivity contribution in [2.24, 2.45) is 23.5 Å². The Hall–Kier alpha value is -8.56. The summed E-state index contributed by atoms with van der Waals surface area (Å²) in [5, 5.41) is 66.9. The zero-order chi connectivity index (χ0) is 67.8. The van der Waals surface area contributed by atoms with Crippen LogP contribution in [0.15, 0.2) is 29.3 Å². The number of nitrogens with two attached hydrogens (primary N) is 1. The smallest absolute Gasteiger partial charge is 0.253 e. The number of phenols is 1. The van der Waals surface area contributed by atoms with E-state index in [0.29, 0.717) is 77.4 Å². The van der Waals surface area contributed by atoms with Crippen molar-refractivity contribution in [2.45, 2.75) is 158 Å². The molecule has 510 valence electrons. The molecule has 1 aromatic carbocycles. The highest BCUT2D eigenvalue weighted by Crippen LogP contribution is 2.41. The van der Waals surface area contributed by atoms with Gasteiger partial charge in [0.15, 0.2) is 0 Å². The number of aromatic hydroxyl groups is 1. The fraction of sp³-hybridized carbons (Fsp3) is 0.617. The van der Waals surface area contributed by atoms with E-state index in [1.54, 1.807) is 13.8 Å². The lowest BCUT2D eigenvalue weighted by molar-refractivity contribution is -0.144. The van der Waals surface area contributed by atoms with Crippen LogP contribution in [0.5, 0.6) is 5.75 Å². The van der Waals surface area contributed by atoms with Gasteiger partial charge in [-0.2, -0.15) is 0 Å². The number of imide groups is 1. The second-order valence-electron chi connectivity index (χ2n) is 24.3. The monoisotopic (exact) mass is 1320 g/mol. The third-order valence-corrected chi connectivity index (χ3v) is 18.9. The van der Waals surface area contributed by atoms with E-state index in [-0.39, 0.29) is 82.0 Å². The molecule has 93 heavy (non-hydrogen) atoms. The summed E-state index contributed by atoms with van der Waals surface area (Å²) in [4.78, 5) is 183. The molecule has 13 amide bonds. The number of aliphatic hydroxyl groups excluding tert-OH is 3. The molecule has 5 aliphatic rings. The fourth-order valence-electron chi connectivity index (χ4n) is 11.9. The van der Waals surface area contributed by atoms with Gasteiger partial charge >= 0.3 is 0 Å². The normalized spacial score (nSPS) is 25.6. The minimum absolute atomic E-state index is 0.0240. The number of carbonyl (C=O) groups excluding carboxylic acids is 13. The summed E-state index contributed by atoms with van der Waals surface area (Å²) in [6.45, 7) is 3.13. The lowest BCUT2D eigenvalue weighted by atomic mass is 9.93. The van der Waals surface area contributed by atoms with Gasteiger partial charge in [-0.3, -0.25) is 71.4 Å². The SMILES string of the molecule is CC[C@H](C)[C@@H]1NC(=O)CNC(=O)[C@H]2Cc3c([nH]c4c(N5CCC(CNC(=O)CCCCCNC(=O)CCCCCN6C(=O)C=CC6=O)C5)c(O)ccc34)S(=O)C[C@@H](NC(=O)CNC1=O)C(=O)N[C@@H](CC(N)=O)C(=O)N1C[C@H](O)C[C@H]1C(=O)N[C@@H]([C@H](C)[C@H](O)CO)C(=O)N2. The Morgan fingerprint density at radius 1 is 0.763 bits per heavy atom. The molecule has 0 spiro atoms. The lowest BCUT2D eigenvalue weighted by Gasteiger charge is -2.32. The number of carbonyl (C=O) groups is 13. The van der Waals surface area contributed by atoms with Gasteiger partial charge < -0.3 is 88.8 Å². The number of fused-ring (bicyclic) bond motifs is 5. The Labute approximate surface area is 538 Å². The van der Waals surface area contributed by atoms with E-state index in [4.69, 9.17) is 5.73 Å². The Morgan fingerprint density at radius 3 is 2.11 bits per heavy atom. The van der Waals surface area contributed by atoms with Crippen LogP contribution in [-0.4, -0.2) is 229 Å². The van der Waals surface area contributed by atoms with Crippen LogP contribution in [0, 0.1) is 17.8 Å². The van der Waals surface area contributed by atoms with Gasteiger partial charge in [0.1, 0.15) is 52.7 Å². The molecule has 0 aliphatic carbocycles. The molecule has 12 atom stereocenters. The number of aromatic amines is 1. The predicted octanol–water partition coefficient (Wildman–Crippen LogP) is -4.82. The van der Waals surface area contributed by atoms with E-state index in [1.165, 1.54) is 36.1 Å².